The average molecular weight is 162 g/mol. The standard InChI is InChI=1S/C10H14Si/c1-3-11(2)9-10-7-5-4-6-8-10/h3-8,11H,1,9H2,2H3. The molecule has 0 aliphatic heterocycles. The fourth-order valence-corrected chi connectivity index (χ4v) is 2.25. The summed E-state index contributed by atoms with van der Waals surface area (Å²) in [4.78, 5) is 0. The Morgan fingerprint density at radius 3 is 2.55 bits per heavy atom. The van der Waals surface area contributed by atoms with E-state index < -0.39 is 8.80 Å². The Morgan fingerprint density at radius 1 is 1.36 bits per heavy atom. The lowest BCUT2D eigenvalue weighted by atomic mass is 10.2. The molecule has 1 atom stereocenters. The molecule has 0 amide bonds. The van der Waals surface area contributed by atoms with Gasteiger partial charge < -0.3 is 0 Å². The van der Waals surface area contributed by atoms with Crippen molar-refractivity contribution in [2.24, 2.45) is 0 Å². The molecular weight excluding hydrogens is 148 g/mol. The van der Waals surface area contributed by atoms with Crippen molar-refractivity contribution in [2.45, 2.75) is 12.6 Å². The number of hydrogen-bond donors (Lipinski definition) is 0. The Hall–Kier alpha value is -0.823. The zero-order chi connectivity index (χ0) is 8.10. The molecule has 0 saturated carbocycles. The molecule has 0 aliphatic carbocycles. The number of benzene rings is 1. The van der Waals surface area contributed by atoms with Crippen LogP contribution in [0.25, 0.3) is 0 Å². The Labute approximate surface area is 70.2 Å². The predicted octanol–water partition coefficient (Wildman–Crippen LogP) is 2.35. The van der Waals surface area contributed by atoms with Gasteiger partial charge in [-0.15, -0.1) is 12.3 Å². The Kier molecular flexibility index (Phi) is 3.11. The molecule has 0 saturated heterocycles. The van der Waals surface area contributed by atoms with E-state index in [2.05, 4.69) is 49.2 Å². The summed E-state index contributed by atoms with van der Waals surface area (Å²) in [5.74, 6) is 0. The summed E-state index contributed by atoms with van der Waals surface area (Å²) < 4.78 is 0. The van der Waals surface area contributed by atoms with Crippen molar-refractivity contribution >= 4 is 8.80 Å². The van der Waals surface area contributed by atoms with Crippen LogP contribution in [0.4, 0.5) is 0 Å². The predicted molar refractivity (Wildman–Crippen MR) is 53.4 cm³/mol. The SMILES string of the molecule is C=C[SiH](C)Cc1ccccc1. The van der Waals surface area contributed by atoms with Gasteiger partial charge in [0.15, 0.2) is 0 Å². The first-order chi connectivity index (χ1) is 5.33. The van der Waals surface area contributed by atoms with Gasteiger partial charge in [0.1, 0.15) is 0 Å². The zero-order valence-corrected chi connectivity index (χ0v) is 8.11. The summed E-state index contributed by atoms with van der Waals surface area (Å²) >= 11 is 0. The molecule has 0 aromatic heterocycles. The highest BCUT2D eigenvalue weighted by molar-refractivity contribution is 6.62. The maximum absolute atomic E-state index is 3.82. The van der Waals surface area contributed by atoms with Gasteiger partial charge in [0.25, 0.3) is 0 Å². The maximum atomic E-state index is 3.82. The average Bonchev–Trinajstić information content (AvgIpc) is 2.06. The van der Waals surface area contributed by atoms with E-state index in [1.165, 1.54) is 11.6 Å². The van der Waals surface area contributed by atoms with E-state index in [1.807, 2.05) is 0 Å². The van der Waals surface area contributed by atoms with Gasteiger partial charge in [-0.25, -0.2) is 0 Å². The molecule has 0 spiro atoms. The van der Waals surface area contributed by atoms with Crippen molar-refractivity contribution in [2.75, 3.05) is 0 Å². The summed E-state index contributed by atoms with van der Waals surface area (Å²) in [5.41, 5.74) is 3.58. The molecule has 0 N–H and O–H groups in total. The van der Waals surface area contributed by atoms with Crippen molar-refractivity contribution in [3.05, 3.63) is 48.2 Å². The van der Waals surface area contributed by atoms with Crippen LogP contribution >= 0.6 is 0 Å². The van der Waals surface area contributed by atoms with Gasteiger partial charge in [-0.05, 0) is 6.04 Å². The van der Waals surface area contributed by atoms with Gasteiger partial charge in [0, 0.05) is 0 Å². The third-order valence-corrected chi connectivity index (χ3v) is 3.72. The molecule has 1 rings (SSSR count). The molecule has 1 aromatic rings. The molecule has 1 unspecified atom stereocenters. The first-order valence-electron chi connectivity index (χ1n) is 3.99. The molecule has 0 heterocycles. The molecule has 0 bridgehead atoms. The normalized spacial score (nSPS) is 12.5. The lowest BCUT2D eigenvalue weighted by Gasteiger charge is -2.02. The molecule has 0 radical (unpaired) electrons. The van der Waals surface area contributed by atoms with Gasteiger partial charge in [0.2, 0.25) is 0 Å². The van der Waals surface area contributed by atoms with Crippen molar-refractivity contribution in [1.29, 1.82) is 0 Å². The first kappa shape index (κ1) is 8.28. The maximum Gasteiger partial charge on any atom is 0.0619 e. The van der Waals surface area contributed by atoms with Crippen LogP contribution in [0, 0.1) is 0 Å². The van der Waals surface area contributed by atoms with Gasteiger partial charge >= 0.3 is 0 Å². The second-order valence-electron chi connectivity index (χ2n) is 2.90. The number of rotatable bonds is 3. The molecular formula is C10H14Si. The van der Waals surface area contributed by atoms with Crippen LogP contribution in [-0.2, 0) is 6.04 Å². The summed E-state index contributed by atoms with van der Waals surface area (Å²) in [5, 5.41) is 0. The molecule has 11 heavy (non-hydrogen) atoms. The Bertz CT molecular complexity index is 216. The molecule has 1 heteroatoms. The van der Waals surface area contributed by atoms with E-state index in [9.17, 15) is 0 Å². The van der Waals surface area contributed by atoms with E-state index >= 15 is 0 Å². The van der Waals surface area contributed by atoms with E-state index in [1.54, 1.807) is 0 Å². The highest BCUT2D eigenvalue weighted by Crippen LogP contribution is 2.01. The smallest absolute Gasteiger partial charge is 0.0619 e. The van der Waals surface area contributed by atoms with Crippen LogP contribution in [0.2, 0.25) is 6.55 Å². The highest BCUT2D eigenvalue weighted by atomic mass is 28.3. The monoisotopic (exact) mass is 162 g/mol. The lowest BCUT2D eigenvalue weighted by molar-refractivity contribution is 1.36. The van der Waals surface area contributed by atoms with E-state index in [0.29, 0.717) is 0 Å². The van der Waals surface area contributed by atoms with Crippen molar-refractivity contribution in [3.63, 3.8) is 0 Å². The number of hydrogen-bond acceptors (Lipinski definition) is 0. The van der Waals surface area contributed by atoms with Gasteiger partial charge in [-0.3, -0.25) is 0 Å². The summed E-state index contributed by atoms with van der Waals surface area (Å²) in [6, 6.07) is 11.9. The second-order valence-corrected chi connectivity index (χ2v) is 5.74. The van der Waals surface area contributed by atoms with Gasteiger partial charge in [0.05, 0.1) is 8.80 Å². The van der Waals surface area contributed by atoms with Crippen LogP contribution in [-0.4, -0.2) is 8.80 Å². The molecule has 0 aliphatic rings. The minimum absolute atomic E-state index is 0.644. The first-order valence-corrected chi connectivity index (χ1v) is 6.63. The summed E-state index contributed by atoms with van der Waals surface area (Å²) in [6.45, 7) is 6.14. The van der Waals surface area contributed by atoms with Crippen molar-refractivity contribution in [3.8, 4) is 0 Å². The second kappa shape index (κ2) is 4.14. The lowest BCUT2D eigenvalue weighted by Crippen LogP contribution is -2.07. The Morgan fingerprint density at radius 2 is 2.00 bits per heavy atom. The quantitative estimate of drug-likeness (QED) is 0.599. The fraction of sp³-hybridized carbons (Fsp3) is 0.200. The van der Waals surface area contributed by atoms with E-state index in [0.717, 1.165) is 0 Å². The molecule has 0 nitrogen and oxygen atoms in total. The third-order valence-electron chi connectivity index (χ3n) is 1.80. The van der Waals surface area contributed by atoms with Crippen molar-refractivity contribution in [1.82, 2.24) is 0 Å². The van der Waals surface area contributed by atoms with Crippen molar-refractivity contribution < 1.29 is 0 Å². The van der Waals surface area contributed by atoms with Crippen LogP contribution in [0.5, 0.6) is 0 Å². The third kappa shape index (κ3) is 2.72. The van der Waals surface area contributed by atoms with Gasteiger partial charge in [-0.1, -0.05) is 42.4 Å². The van der Waals surface area contributed by atoms with Crippen LogP contribution in [0.15, 0.2) is 42.6 Å². The Balaban J connectivity index is 2.57. The summed E-state index contributed by atoms with van der Waals surface area (Å²) in [6.07, 6.45) is 0. The van der Waals surface area contributed by atoms with Crippen LogP contribution in [0.1, 0.15) is 5.56 Å². The highest BCUT2D eigenvalue weighted by Gasteiger charge is 1.98. The van der Waals surface area contributed by atoms with E-state index in [4.69, 9.17) is 0 Å². The largest absolute Gasteiger partial charge is 0.107 e. The zero-order valence-electron chi connectivity index (χ0n) is 6.96. The summed E-state index contributed by atoms with van der Waals surface area (Å²) in [7, 11) is -0.644. The molecule has 1 aromatic carbocycles. The van der Waals surface area contributed by atoms with Crippen LogP contribution < -0.4 is 0 Å². The minimum Gasteiger partial charge on any atom is -0.107 e. The molecule has 0 fully saturated rings. The fourth-order valence-electron chi connectivity index (χ4n) is 1.07. The topological polar surface area (TPSA) is 0 Å². The van der Waals surface area contributed by atoms with Gasteiger partial charge in [-0.2, -0.15) is 0 Å². The van der Waals surface area contributed by atoms with Crippen LogP contribution in [0.3, 0.4) is 0 Å². The minimum atomic E-state index is -0.644. The molecule has 58 valence electrons. The van der Waals surface area contributed by atoms with E-state index in [-0.39, 0.29) is 0 Å².